The molecule has 192 valence electrons. The average molecular weight is 544 g/mol. The van der Waals surface area contributed by atoms with Gasteiger partial charge in [0.15, 0.2) is 5.78 Å². The minimum absolute atomic E-state index is 0.0355. The third-order valence-corrected chi connectivity index (χ3v) is 12.5. The van der Waals surface area contributed by atoms with Gasteiger partial charge < -0.3 is 4.74 Å². The molecule has 0 spiro atoms. The van der Waals surface area contributed by atoms with Gasteiger partial charge in [0, 0.05) is 15.8 Å². The monoisotopic (exact) mass is 542 g/mol. The molecule has 7 unspecified atom stereocenters. The molecule has 0 radical (unpaired) electrons. The summed E-state index contributed by atoms with van der Waals surface area (Å²) in [5.41, 5.74) is 1.87. The molecule has 0 bridgehead atoms. The van der Waals surface area contributed by atoms with Crippen molar-refractivity contribution in [3.63, 3.8) is 0 Å². The van der Waals surface area contributed by atoms with Crippen LogP contribution in [0.5, 0.6) is 0 Å². The first-order chi connectivity index (χ1) is 16.1. The Balaban J connectivity index is 1.65. The fourth-order valence-corrected chi connectivity index (χ4v) is 10.7. The van der Waals surface area contributed by atoms with E-state index in [4.69, 9.17) is 4.74 Å². The quantitative estimate of drug-likeness (QED) is 0.317. The van der Waals surface area contributed by atoms with Crippen LogP contribution in [0.2, 0.25) is 0 Å². The van der Waals surface area contributed by atoms with Crippen LogP contribution in [-0.2, 0) is 14.3 Å². The molecule has 0 heterocycles. The molecule has 4 heteroatoms. The number of fused-ring (bicyclic) bond motifs is 7. The molecule has 5 aliphatic carbocycles. The fraction of sp³-hybridized carbons (Fsp3) is 0.742. The van der Waals surface area contributed by atoms with Crippen LogP contribution in [0, 0.1) is 50.7 Å². The SMILES string of the molecule is C=C1C(Br)=CC2(C)C3=CC(=O)C4C(CCC5(C(=O)OC)CCC(C)(C)CC45)C3(C)CCC2C1(C)C. The summed E-state index contributed by atoms with van der Waals surface area (Å²) in [6, 6.07) is 0. The maximum Gasteiger partial charge on any atom is 0.312 e. The highest BCUT2D eigenvalue weighted by molar-refractivity contribution is 9.12. The van der Waals surface area contributed by atoms with Crippen LogP contribution in [0.1, 0.15) is 86.5 Å². The lowest BCUT2D eigenvalue weighted by atomic mass is 9.38. The molecule has 3 nitrogen and oxygen atoms in total. The van der Waals surface area contributed by atoms with Gasteiger partial charge in [0.25, 0.3) is 0 Å². The number of hydrogen-bond donors (Lipinski definition) is 0. The molecule has 0 amide bonds. The normalized spacial score (nSPS) is 45.7. The van der Waals surface area contributed by atoms with Crippen LogP contribution in [-0.4, -0.2) is 18.9 Å². The van der Waals surface area contributed by atoms with Crippen molar-refractivity contribution in [2.75, 3.05) is 7.11 Å². The molecule has 0 aromatic rings. The van der Waals surface area contributed by atoms with E-state index in [1.54, 1.807) is 0 Å². The minimum atomic E-state index is -0.503. The van der Waals surface area contributed by atoms with Crippen LogP contribution in [0.25, 0.3) is 0 Å². The number of ether oxygens (including phenoxy) is 1. The summed E-state index contributed by atoms with van der Waals surface area (Å²) >= 11 is 3.83. The second-order valence-corrected chi connectivity index (χ2v) is 15.1. The third kappa shape index (κ3) is 3.26. The molecule has 0 N–H and O–H groups in total. The van der Waals surface area contributed by atoms with Crippen molar-refractivity contribution in [2.45, 2.75) is 86.5 Å². The van der Waals surface area contributed by atoms with E-state index in [1.807, 2.05) is 6.08 Å². The van der Waals surface area contributed by atoms with Crippen molar-refractivity contribution in [2.24, 2.45) is 50.7 Å². The maximum absolute atomic E-state index is 14.2. The van der Waals surface area contributed by atoms with E-state index in [0.717, 1.165) is 55.0 Å². The topological polar surface area (TPSA) is 43.4 Å². The molecule has 3 saturated carbocycles. The van der Waals surface area contributed by atoms with Crippen molar-refractivity contribution in [1.29, 1.82) is 0 Å². The van der Waals surface area contributed by atoms with Gasteiger partial charge in [-0.3, -0.25) is 9.59 Å². The fourth-order valence-electron chi connectivity index (χ4n) is 9.75. The highest BCUT2D eigenvalue weighted by atomic mass is 79.9. The van der Waals surface area contributed by atoms with Gasteiger partial charge in [-0.1, -0.05) is 75.7 Å². The second kappa shape index (κ2) is 7.68. The predicted octanol–water partition coefficient (Wildman–Crippen LogP) is 7.80. The van der Waals surface area contributed by atoms with Crippen LogP contribution >= 0.6 is 15.9 Å². The zero-order chi connectivity index (χ0) is 25.8. The molecular weight excluding hydrogens is 500 g/mol. The number of allylic oxidation sites excluding steroid dienone is 5. The van der Waals surface area contributed by atoms with Crippen molar-refractivity contribution < 1.29 is 14.3 Å². The molecule has 3 fully saturated rings. The number of methoxy groups -OCH3 is 1. The smallest absolute Gasteiger partial charge is 0.312 e. The lowest BCUT2D eigenvalue weighted by Gasteiger charge is -2.65. The Hall–Kier alpha value is -1.16. The Labute approximate surface area is 220 Å². The highest BCUT2D eigenvalue weighted by Gasteiger charge is 2.66. The second-order valence-electron chi connectivity index (χ2n) is 14.2. The molecule has 0 aromatic heterocycles. The summed E-state index contributed by atoms with van der Waals surface area (Å²) in [7, 11) is 1.52. The van der Waals surface area contributed by atoms with E-state index >= 15 is 0 Å². The summed E-state index contributed by atoms with van der Waals surface area (Å²) in [6.07, 6.45) is 11.2. The van der Waals surface area contributed by atoms with E-state index in [1.165, 1.54) is 12.7 Å². The zero-order valence-electron chi connectivity index (χ0n) is 22.7. The Morgan fingerprint density at radius 3 is 2.37 bits per heavy atom. The predicted molar refractivity (Wildman–Crippen MR) is 144 cm³/mol. The Morgan fingerprint density at radius 2 is 1.71 bits per heavy atom. The van der Waals surface area contributed by atoms with E-state index in [9.17, 15) is 9.59 Å². The zero-order valence-corrected chi connectivity index (χ0v) is 24.3. The summed E-state index contributed by atoms with van der Waals surface area (Å²) in [5, 5.41) is 0. The molecule has 35 heavy (non-hydrogen) atoms. The van der Waals surface area contributed by atoms with E-state index in [2.05, 4.69) is 70.1 Å². The summed E-state index contributed by atoms with van der Waals surface area (Å²) < 4.78 is 6.50. The Kier molecular flexibility index (Phi) is 5.59. The Morgan fingerprint density at radius 1 is 1.03 bits per heavy atom. The number of carbonyl (C=O) groups excluding carboxylic acids is 2. The third-order valence-electron chi connectivity index (χ3n) is 11.8. The number of esters is 1. The van der Waals surface area contributed by atoms with Gasteiger partial charge in [0.2, 0.25) is 0 Å². The molecule has 0 aliphatic heterocycles. The first-order valence-electron chi connectivity index (χ1n) is 13.6. The number of ketones is 1. The number of carbonyl (C=O) groups is 2. The number of halogens is 1. The molecular formula is C31H43BrO3. The van der Waals surface area contributed by atoms with Crippen LogP contribution in [0.3, 0.4) is 0 Å². The van der Waals surface area contributed by atoms with Crippen molar-refractivity contribution in [1.82, 2.24) is 0 Å². The summed E-state index contributed by atoms with van der Waals surface area (Å²) in [5.74, 6) is 0.847. The summed E-state index contributed by atoms with van der Waals surface area (Å²) in [4.78, 5) is 27.5. The van der Waals surface area contributed by atoms with Crippen LogP contribution < -0.4 is 0 Å². The van der Waals surface area contributed by atoms with Gasteiger partial charge in [0.05, 0.1) is 12.5 Å². The van der Waals surface area contributed by atoms with E-state index in [-0.39, 0.29) is 51.2 Å². The lowest BCUT2D eigenvalue weighted by Crippen LogP contribution is -2.61. The first-order valence-corrected chi connectivity index (χ1v) is 14.4. The van der Waals surface area contributed by atoms with Crippen molar-refractivity contribution >= 4 is 27.7 Å². The van der Waals surface area contributed by atoms with Gasteiger partial charge in [0.1, 0.15) is 0 Å². The molecule has 0 aromatic carbocycles. The molecule has 0 saturated heterocycles. The van der Waals surface area contributed by atoms with Gasteiger partial charge in [-0.2, -0.15) is 0 Å². The lowest BCUT2D eigenvalue weighted by molar-refractivity contribution is -0.178. The number of rotatable bonds is 1. The molecule has 5 aliphatic rings. The van der Waals surface area contributed by atoms with Gasteiger partial charge in [-0.25, -0.2) is 0 Å². The maximum atomic E-state index is 14.2. The standard InChI is InChI=1S/C31H43BrO3/c1-18-21(32)17-30(7)23(28(18,4)5)10-11-29(6)19-9-12-31(26(34)35-8)14-13-27(2,3)16-20(31)25(19)22(33)15-24(29)30/h15,17,19-20,23,25H,1,9-14,16H2,2-8H3. The molecule has 5 rings (SSSR count). The van der Waals surface area contributed by atoms with Gasteiger partial charge in [-0.05, 0) is 90.6 Å². The van der Waals surface area contributed by atoms with Gasteiger partial charge >= 0.3 is 5.97 Å². The highest BCUT2D eigenvalue weighted by Crippen LogP contribution is 2.71. The Bertz CT molecular complexity index is 1060. The van der Waals surface area contributed by atoms with Crippen LogP contribution in [0.4, 0.5) is 0 Å². The summed E-state index contributed by atoms with van der Waals surface area (Å²) in [6.45, 7) is 18.5. The van der Waals surface area contributed by atoms with E-state index < -0.39 is 5.41 Å². The van der Waals surface area contributed by atoms with E-state index in [0.29, 0.717) is 5.92 Å². The molecule has 7 atom stereocenters. The van der Waals surface area contributed by atoms with Crippen molar-refractivity contribution in [3.05, 3.63) is 34.4 Å². The minimum Gasteiger partial charge on any atom is -0.469 e. The largest absolute Gasteiger partial charge is 0.469 e. The number of hydrogen-bond acceptors (Lipinski definition) is 3. The van der Waals surface area contributed by atoms with Crippen molar-refractivity contribution in [3.8, 4) is 0 Å². The first kappa shape index (κ1) is 25.5. The van der Waals surface area contributed by atoms with Crippen LogP contribution in [0.15, 0.2) is 34.4 Å². The van der Waals surface area contributed by atoms with Gasteiger partial charge in [-0.15, -0.1) is 0 Å². The average Bonchev–Trinajstić information content (AvgIpc) is 2.77.